The largest absolute Gasteiger partial charge is 0.492 e. The van der Waals surface area contributed by atoms with Gasteiger partial charge in [-0.05, 0) is 35.0 Å². The minimum Gasteiger partial charge on any atom is -0.492 e. The average molecular weight is 293 g/mol. The van der Waals surface area contributed by atoms with Crippen LogP contribution in [0.4, 0.5) is 5.69 Å². The second kappa shape index (κ2) is 6.51. The Hall–Kier alpha value is -2.05. The van der Waals surface area contributed by atoms with E-state index in [0.717, 1.165) is 4.47 Å². The Kier molecular flexibility index (Phi) is 4.99. The highest BCUT2D eigenvalue weighted by molar-refractivity contribution is 9.10. The third kappa shape index (κ3) is 3.47. The molecule has 0 spiro atoms. The number of hydrogen-bond acceptors (Lipinski definition) is 5. The van der Waals surface area contributed by atoms with E-state index >= 15 is 0 Å². The fraction of sp³-hybridized carbons (Fsp3) is 0.182. The van der Waals surface area contributed by atoms with Gasteiger partial charge in [-0.3, -0.25) is 5.43 Å². The number of hydrogen-bond donors (Lipinski definition) is 1. The van der Waals surface area contributed by atoms with Gasteiger partial charge in [0, 0.05) is 4.47 Å². The van der Waals surface area contributed by atoms with Gasteiger partial charge in [0.05, 0.1) is 6.61 Å². The number of nitrogens with zero attached hydrogens (tertiary/aromatic N) is 3. The molecule has 1 aromatic rings. The second-order valence-corrected chi connectivity index (χ2v) is 3.70. The molecule has 1 rings (SSSR count). The molecule has 6 heteroatoms. The van der Waals surface area contributed by atoms with E-state index in [1.807, 2.05) is 13.0 Å². The lowest BCUT2D eigenvalue weighted by Gasteiger charge is -2.10. The molecule has 86 valence electrons. The summed E-state index contributed by atoms with van der Waals surface area (Å²) < 4.78 is 6.13. The number of benzene rings is 1. The molecule has 1 N–H and O–H groups in total. The number of rotatable bonds is 4. The van der Waals surface area contributed by atoms with E-state index < -0.39 is 0 Å². The molecule has 0 heterocycles. The molecule has 0 fully saturated rings. The molecule has 0 aliphatic heterocycles. The Morgan fingerprint density at radius 2 is 2.18 bits per heavy atom. The van der Waals surface area contributed by atoms with Crippen molar-refractivity contribution in [3.05, 3.63) is 22.7 Å². The minimum atomic E-state index is -0.247. The van der Waals surface area contributed by atoms with Crippen LogP contribution in [-0.4, -0.2) is 12.3 Å². The van der Waals surface area contributed by atoms with Gasteiger partial charge in [-0.1, -0.05) is 6.07 Å². The third-order valence-corrected chi connectivity index (χ3v) is 2.43. The summed E-state index contributed by atoms with van der Waals surface area (Å²) in [6.07, 6.45) is 0. The van der Waals surface area contributed by atoms with Gasteiger partial charge in [-0.25, -0.2) is 0 Å². The number of halogens is 1. The Labute approximate surface area is 107 Å². The zero-order chi connectivity index (χ0) is 12.7. The maximum atomic E-state index is 8.56. The standard InChI is InChI=1S/C11H9BrN4O/c1-2-17-10-5-3-4-9(12)11(10)16-15-8(6-13)7-14/h3-5,16H,2H2,1H3. The summed E-state index contributed by atoms with van der Waals surface area (Å²) in [7, 11) is 0. The van der Waals surface area contributed by atoms with Crippen LogP contribution in [0.2, 0.25) is 0 Å². The van der Waals surface area contributed by atoms with Gasteiger partial charge in [0.1, 0.15) is 23.6 Å². The van der Waals surface area contributed by atoms with Crippen LogP contribution in [0.15, 0.2) is 27.8 Å². The molecule has 0 saturated carbocycles. The Morgan fingerprint density at radius 1 is 1.47 bits per heavy atom. The normalized spacial score (nSPS) is 8.71. The molecule has 0 atom stereocenters. The van der Waals surface area contributed by atoms with Gasteiger partial charge < -0.3 is 4.74 Å². The summed E-state index contributed by atoms with van der Waals surface area (Å²) in [5.74, 6) is 0.598. The van der Waals surface area contributed by atoms with E-state index in [1.165, 1.54) is 0 Å². The predicted molar refractivity (Wildman–Crippen MR) is 67.6 cm³/mol. The lowest BCUT2D eigenvalue weighted by Crippen LogP contribution is -2.00. The van der Waals surface area contributed by atoms with E-state index in [4.69, 9.17) is 15.3 Å². The molecule has 0 radical (unpaired) electrons. The molecule has 0 saturated heterocycles. The highest BCUT2D eigenvalue weighted by Crippen LogP contribution is 2.32. The van der Waals surface area contributed by atoms with Crippen LogP contribution in [0, 0.1) is 22.7 Å². The highest BCUT2D eigenvalue weighted by atomic mass is 79.9. The van der Waals surface area contributed by atoms with E-state index in [1.54, 1.807) is 24.3 Å². The Balaban J connectivity index is 3.02. The maximum Gasteiger partial charge on any atom is 0.237 e. The molecule has 5 nitrogen and oxygen atoms in total. The molecule has 0 unspecified atom stereocenters. The third-order valence-electron chi connectivity index (χ3n) is 1.77. The molecule has 0 bridgehead atoms. The number of anilines is 1. The summed E-state index contributed by atoms with van der Waals surface area (Å²) in [6, 6.07) is 8.72. The molecular formula is C11H9BrN4O. The van der Waals surface area contributed by atoms with Gasteiger partial charge in [0.2, 0.25) is 5.71 Å². The molecule has 1 aromatic carbocycles. The number of para-hydroxylation sites is 1. The number of hydrazone groups is 1. The van der Waals surface area contributed by atoms with Crippen molar-refractivity contribution in [3.63, 3.8) is 0 Å². The lowest BCUT2D eigenvalue weighted by atomic mass is 10.3. The first kappa shape index (κ1) is 13.0. The van der Waals surface area contributed by atoms with Crippen LogP contribution in [-0.2, 0) is 0 Å². The molecule has 17 heavy (non-hydrogen) atoms. The molecule has 0 aliphatic carbocycles. The van der Waals surface area contributed by atoms with Crippen LogP contribution < -0.4 is 10.2 Å². The van der Waals surface area contributed by atoms with Gasteiger partial charge in [0.25, 0.3) is 0 Å². The number of nitriles is 2. The maximum absolute atomic E-state index is 8.56. The van der Waals surface area contributed by atoms with Gasteiger partial charge in [-0.15, -0.1) is 0 Å². The minimum absolute atomic E-state index is 0.247. The van der Waals surface area contributed by atoms with E-state index in [0.29, 0.717) is 18.0 Å². The van der Waals surface area contributed by atoms with Crippen molar-refractivity contribution in [3.8, 4) is 17.9 Å². The quantitative estimate of drug-likeness (QED) is 0.683. The monoisotopic (exact) mass is 292 g/mol. The van der Waals surface area contributed by atoms with Crippen molar-refractivity contribution in [1.29, 1.82) is 10.5 Å². The fourth-order valence-electron chi connectivity index (χ4n) is 1.08. The van der Waals surface area contributed by atoms with Gasteiger partial charge in [-0.2, -0.15) is 15.6 Å². The first-order chi connectivity index (χ1) is 8.22. The van der Waals surface area contributed by atoms with Crippen molar-refractivity contribution >= 4 is 27.3 Å². The summed E-state index contributed by atoms with van der Waals surface area (Å²) in [5.41, 5.74) is 2.97. The van der Waals surface area contributed by atoms with Crippen molar-refractivity contribution in [2.24, 2.45) is 5.10 Å². The first-order valence-electron chi connectivity index (χ1n) is 4.78. The van der Waals surface area contributed by atoms with Crippen LogP contribution in [0.1, 0.15) is 6.92 Å². The van der Waals surface area contributed by atoms with E-state index in [-0.39, 0.29) is 5.71 Å². The molecule has 0 aliphatic rings. The van der Waals surface area contributed by atoms with Crippen molar-refractivity contribution in [1.82, 2.24) is 0 Å². The average Bonchev–Trinajstić information content (AvgIpc) is 2.33. The topological polar surface area (TPSA) is 81.2 Å². The second-order valence-electron chi connectivity index (χ2n) is 2.84. The summed E-state index contributed by atoms with van der Waals surface area (Å²) >= 11 is 3.33. The van der Waals surface area contributed by atoms with Crippen molar-refractivity contribution in [2.75, 3.05) is 12.0 Å². The van der Waals surface area contributed by atoms with E-state index in [2.05, 4.69) is 26.5 Å². The zero-order valence-electron chi connectivity index (χ0n) is 9.07. The highest BCUT2D eigenvalue weighted by Gasteiger charge is 2.07. The number of nitrogens with one attached hydrogen (secondary N) is 1. The molecular weight excluding hydrogens is 284 g/mol. The lowest BCUT2D eigenvalue weighted by molar-refractivity contribution is 0.341. The molecule has 0 amide bonds. The predicted octanol–water partition coefficient (Wildman–Crippen LogP) is 2.66. The van der Waals surface area contributed by atoms with Crippen molar-refractivity contribution in [2.45, 2.75) is 6.92 Å². The summed E-state index contributed by atoms with van der Waals surface area (Å²) in [4.78, 5) is 0. The van der Waals surface area contributed by atoms with E-state index in [9.17, 15) is 0 Å². The Bertz CT molecular complexity index is 497. The van der Waals surface area contributed by atoms with Crippen LogP contribution in [0.5, 0.6) is 5.75 Å². The summed E-state index contributed by atoms with van der Waals surface area (Å²) in [5, 5.41) is 20.8. The van der Waals surface area contributed by atoms with Gasteiger partial charge in [0.15, 0.2) is 0 Å². The zero-order valence-corrected chi connectivity index (χ0v) is 10.7. The van der Waals surface area contributed by atoms with Crippen LogP contribution in [0.3, 0.4) is 0 Å². The number of ether oxygens (including phenoxy) is 1. The smallest absolute Gasteiger partial charge is 0.237 e. The molecule has 0 aromatic heterocycles. The first-order valence-corrected chi connectivity index (χ1v) is 5.57. The summed E-state index contributed by atoms with van der Waals surface area (Å²) in [6.45, 7) is 2.38. The Morgan fingerprint density at radius 3 is 2.76 bits per heavy atom. The van der Waals surface area contributed by atoms with Crippen LogP contribution >= 0.6 is 15.9 Å². The fourth-order valence-corrected chi connectivity index (χ4v) is 1.51. The van der Waals surface area contributed by atoms with Crippen LogP contribution in [0.25, 0.3) is 0 Å². The van der Waals surface area contributed by atoms with Gasteiger partial charge >= 0.3 is 0 Å². The SMILES string of the molecule is CCOc1cccc(Br)c1NN=C(C#N)C#N. The van der Waals surface area contributed by atoms with Crippen molar-refractivity contribution < 1.29 is 4.74 Å².